The molecule has 0 aliphatic rings. The van der Waals surface area contributed by atoms with Crippen LogP contribution in [0.25, 0.3) is 0 Å². The van der Waals surface area contributed by atoms with Crippen molar-refractivity contribution in [3.05, 3.63) is 90.5 Å². The van der Waals surface area contributed by atoms with E-state index in [1.807, 2.05) is 0 Å². The van der Waals surface area contributed by atoms with Crippen LogP contribution in [0.2, 0.25) is 0 Å². The van der Waals surface area contributed by atoms with Gasteiger partial charge in [-0.05, 0) is 62.1 Å². The van der Waals surface area contributed by atoms with Gasteiger partial charge < -0.3 is 0 Å². The smallest absolute Gasteiger partial charge is 0.00450 e. The van der Waals surface area contributed by atoms with E-state index >= 15 is 0 Å². The molecule has 0 heterocycles. The molecule has 0 spiro atoms. The van der Waals surface area contributed by atoms with Crippen LogP contribution in [0.5, 0.6) is 0 Å². The SMILES string of the molecule is CC(C)(C)c1ccc([SH](c2ccccc2)c2ccccc2)cc1. The first-order valence-electron chi connectivity index (χ1n) is 8.06. The number of thiol groups is 1. The van der Waals surface area contributed by atoms with Crippen molar-refractivity contribution in [3.63, 3.8) is 0 Å². The lowest BCUT2D eigenvalue weighted by atomic mass is 9.87. The second-order valence-electron chi connectivity index (χ2n) is 6.80. The van der Waals surface area contributed by atoms with Gasteiger partial charge in [0.25, 0.3) is 0 Å². The predicted octanol–water partition coefficient (Wildman–Crippen LogP) is 6.46. The molecule has 23 heavy (non-hydrogen) atoms. The first-order chi connectivity index (χ1) is 11.1. The zero-order valence-electron chi connectivity index (χ0n) is 14.0. The number of benzene rings is 3. The lowest BCUT2D eigenvalue weighted by Crippen LogP contribution is -2.10. The first-order valence-corrected chi connectivity index (χ1v) is 9.41. The van der Waals surface area contributed by atoms with E-state index in [4.69, 9.17) is 0 Å². The fourth-order valence-electron chi connectivity index (χ4n) is 2.71. The van der Waals surface area contributed by atoms with E-state index in [0.29, 0.717) is 0 Å². The Bertz CT molecular complexity index is 698. The van der Waals surface area contributed by atoms with E-state index in [9.17, 15) is 0 Å². The molecule has 1 heteroatoms. The van der Waals surface area contributed by atoms with E-state index in [-0.39, 0.29) is 5.41 Å². The molecule has 0 saturated carbocycles. The quantitative estimate of drug-likeness (QED) is 0.526. The molecule has 0 aliphatic carbocycles. The summed E-state index contributed by atoms with van der Waals surface area (Å²) in [5.74, 6) is 0. The third-order valence-electron chi connectivity index (χ3n) is 4.02. The third kappa shape index (κ3) is 3.68. The molecule has 0 atom stereocenters. The maximum atomic E-state index is 2.31. The Hall–Kier alpha value is -1.99. The van der Waals surface area contributed by atoms with Gasteiger partial charge in [-0.3, -0.25) is 0 Å². The molecule has 0 aromatic heterocycles. The average Bonchev–Trinajstić information content (AvgIpc) is 2.57. The monoisotopic (exact) mass is 320 g/mol. The van der Waals surface area contributed by atoms with E-state index < -0.39 is 10.9 Å². The topological polar surface area (TPSA) is 0 Å². The van der Waals surface area contributed by atoms with E-state index in [1.165, 1.54) is 20.2 Å². The molecule has 3 aromatic carbocycles. The fraction of sp³-hybridized carbons (Fsp3) is 0.182. The Morgan fingerprint density at radius 3 is 1.30 bits per heavy atom. The van der Waals surface area contributed by atoms with Gasteiger partial charge in [0.05, 0.1) is 0 Å². The van der Waals surface area contributed by atoms with Crippen LogP contribution in [-0.2, 0) is 5.41 Å². The summed E-state index contributed by atoms with van der Waals surface area (Å²) < 4.78 is 0. The molecule has 0 amide bonds. The van der Waals surface area contributed by atoms with Gasteiger partial charge in [-0.15, -0.1) is 0 Å². The Labute approximate surface area is 142 Å². The van der Waals surface area contributed by atoms with E-state index in [1.54, 1.807) is 0 Å². The van der Waals surface area contributed by atoms with Gasteiger partial charge in [0, 0.05) is 0 Å². The Morgan fingerprint density at radius 1 is 0.522 bits per heavy atom. The van der Waals surface area contributed by atoms with Crippen molar-refractivity contribution in [1.29, 1.82) is 0 Å². The molecule has 0 N–H and O–H groups in total. The second-order valence-corrected chi connectivity index (χ2v) is 9.02. The Morgan fingerprint density at radius 2 is 0.913 bits per heavy atom. The van der Waals surface area contributed by atoms with Gasteiger partial charge in [0.2, 0.25) is 0 Å². The summed E-state index contributed by atoms with van der Waals surface area (Å²) in [5.41, 5.74) is 1.58. The molecule has 0 fully saturated rings. The van der Waals surface area contributed by atoms with Gasteiger partial charge in [-0.1, -0.05) is 69.3 Å². The predicted molar refractivity (Wildman–Crippen MR) is 102 cm³/mol. The summed E-state index contributed by atoms with van der Waals surface area (Å²) in [4.78, 5) is 4.21. The van der Waals surface area contributed by atoms with Crippen LogP contribution in [0.3, 0.4) is 0 Å². The van der Waals surface area contributed by atoms with Crippen molar-refractivity contribution in [2.45, 2.75) is 40.9 Å². The van der Waals surface area contributed by atoms with Crippen molar-refractivity contribution in [3.8, 4) is 0 Å². The molecular formula is C22H24S. The van der Waals surface area contributed by atoms with Crippen molar-refractivity contribution >= 4 is 10.9 Å². The van der Waals surface area contributed by atoms with Gasteiger partial charge in [0.1, 0.15) is 0 Å². The zero-order chi connectivity index (χ0) is 16.3. The molecule has 0 nitrogen and oxygen atoms in total. The molecule has 0 radical (unpaired) electrons. The summed E-state index contributed by atoms with van der Waals surface area (Å²) in [6.07, 6.45) is 0. The van der Waals surface area contributed by atoms with Crippen molar-refractivity contribution < 1.29 is 0 Å². The molecule has 0 bridgehead atoms. The highest BCUT2D eigenvalue weighted by Gasteiger charge is 2.16. The minimum Gasteiger partial charge on any atom is -0.173 e. The maximum Gasteiger partial charge on any atom is -0.00450 e. The number of hydrogen-bond donors (Lipinski definition) is 1. The van der Waals surface area contributed by atoms with Gasteiger partial charge in [-0.2, -0.15) is 10.9 Å². The van der Waals surface area contributed by atoms with Crippen LogP contribution in [0.15, 0.2) is 99.6 Å². The molecule has 0 aliphatic heterocycles. The lowest BCUT2D eigenvalue weighted by Gasteiger charge is -2.25. The van der Waals surface area contributed by atoms with Crippen LogP contribution in [0.4, 0.5) is 0 Å². The second kappa shape index (κ2) is 6.64. The largest absolute Gasteiger partial charge is 0.173 e. The molecule has 3 rings (SSSR count). The summed E-state index contributed by atoms with van der Waals surface area (Å²) in [6, 6.07) is 30.9. The maximum absolute atomic E-state index is 2.31. The normalized spacial score (nSPS) is 12.0. The highest BCUT2D eigenvalue weighted by molar-refractivity contribution is 8.17. The van der Waals surface area contributed by atoms with Gasteiger partial charge in [-0.25, -0.2) is 0 Å². The lowest BCUT2D eigenvalue weighted by molar-refractivity contribution is 0.589. The third-order valence-corrected chi connectivity index (χ3v) is 6.46. The van der Waals surface area contributed by atoms with Crippen molar-refractivity contribution in [1.82, 2.24) is 0 Å². The minimum atomic E-state index is -0.494. The van der Waals surface area contributed by atoms with Gasteiger partial charge >= 0.3 is 0 Å². The molecule has 0 saturated heterocycles. The zero-order valence-corrected chi connectivity index (χ0v) is 14.9. The van der Waals surface area contributed by atoms with Crippen molar-refractivity contribution in [2.24, 2.45) is 0 Å². The summed E-state index contributed by atoms with van der Waals surface area (Å²) in [5, 5.41) is 0. The van der Waals surface area contributed by atoms with Crippen LogP contribution >= 0.6 is 10.9 Å². The molecule has 3 aromatic rings. The molecular weight excluding hydrogens is 296 g/mol. The number of rotatable bonds is 3. The molecule has 118 valence electrons. The standard InChI is InChI=1S/C22H24S/c1-22(2,3)18-14-16-21(17-15-18)23(19-10-6-4-7-11-19)20-12-8-5-9-13-20/h4-17,23H,1-3H3. The Balaban J connectivity index is 2.06. The first kappa shape index (κ1) is 15.9. The van der Waals surface area contributed by atoms with Crippen LogP contribution in [0.1, 0.15) is 26.3 Å². The van der Waals surface area contributed by atoms with Crippen LogP contribution in [-0.4, -0.2) is 0 Å². The number of hydrogen-bond acceptors (Lipinski definition) is 0. The average molecular weight is 321 g/mol. The van der Waals surface area contributed by atoms with Crippen molar-refractivity contribution in [2.75, 3.05) is 0 Å². The minimum absolute atomic E-state index is 0.195. The highest BCUT2D eigenvalue weighted by Crippen LogP contribution is 2.51. The van der Waals surface area contributed by atoms with Gasteiger partial charge in [0.15, 0.2) is 0 Å². The highest BCUT2D eigenvalue weighted by atomic mass is 32.2. The summed E-state index contributed by atoms with van der Waals surface area (Å²) in [7, 11) is -0.494. The van der Waals surface area contributed by atoms with Crippen LogP contribution in [0, 0.1) is 0 Å². The fourth-order valence-corrected chi connectivity index (χ4v) is 4.99. The van der Waals surface area contributed by atoms with E-state index in [0.717, 1.165) is 0 Å². The van der Waals surface area contributed by atoms with E-state index in [2.05, 4.69) is 106 Å². The molecule has 0 unspecified atom stereocenters. The Kier molecular flexibility index (Phi) is 4.58. The summed E-state index contributed by atoms with van der Waals surface area (Å²) in [6.45, 7) is 6.79. The summed E-state index contributed by atoms with van der Waals surface area (Å²) >= 11 is 0. The van der Waals surface area contributed by atoms with Crippen LogP contribution < -0.4 is 0 Å².